The van der Waals surface area contributed by atoms with Crippen molar-refractivity contribution in [2.24, 2.45) is 0 Å². The quantitative estimate of drug-likeness (QED) is 0.253. The Morgan fingerprint density at radius 3 is 2.44 bits per heavy atom. The summed E-state index contributed by atoms with van der Waals surface area (Å²) in [5.41, 5.74) is 3.93. The Kier molecular flexibility index (Phi) is 9.27. The first-order valence-electron chi connectivity index (χ1n) is 11.6. The van der Waals surface area contributed by atoms with Gasteiger partial charge in [-0.15, -0.1) is 0 Å². The molecule has 0 saturated carbocycles. The topological polar surface area (TPSA) is 84.9 Å². The number of halogens is 3. The number of rotatable bonds is 8. The second kappa shape index (κ2) is 12.5. The molecule has 202 valence electrons. The molecule has 0 radical (unpaired) electrons. The Hall–Kier alpha value is -2.98. The lowest BCUT2D eigenvalue weighted by atomic mass is 10.1. The largest absolute Gasteiger partial charge is 0.493 e. The summed E-state index contributed by atoms with van der Waals surface area (Å²) in [7, 11) is 1.47. The Bertz CT molecular complexity index is 1490. The molecule has 0 aromatic heterocycles. The predicted octanol–water partition coefficient (Wildman–Crippen LogP) is 7.64. The van der Waals surface area contributed by atoms with Crippen molar-refractivity contribution in [2.75, 3.05) is 19.0 Å². The van der Waals surface area contributed by atoms with Crippen molar-refractivity contribution in [2.45, 2.75) is 20.4 Å². The van der Waals surface area contributed by atoms with E-state index >= 15 is 0 Å². The summed E-state index contributed by atoms with van der Waals surface area (Å²) in [5, 5.41) is 3.16. The number of carbonyl (C=O) groups is 3. The highest BCUT2D eigenvalue weighted by Crippen LogP contribution is 2.37. The molecule has 1 fully saturated rings. The molecule has 1 aliphatic heterocycles. The van der Waals surface area contributed by atoms with Gasteiger partial charge in [-0.05, 0) is 101 Å². The average molecular weight is 650 g/mol. The number of anilines is 1. The van der Waals surface area contributed by atoms with Crippen molar-refractivity contribution in [1.82, 2.24) is 4.90 Å². The number of nitrogens with one attached hydrogen (secondary N) is 1. The van der Waals surface area contributed by atoms with Crippen LogP contribution in [0.5, 0.6) is 11.5 Å². The number of amides is 3. The number of ether oxygens (including phenoxy) is 2. The lowest BCUT2D eigenvalue weighted by molar-refractivity contribution is -0.123. The monoisotopic (exact) mass is 648 g/mol. The van der Waals surface area contributed by atoms with Gasteiger partial charge in [0.2, 0.25) is 0 Å². The molecule has 0 bridgehead atoms. The van der Waals surface area contributed by atoms with Gasteiger partial charge in [-0.2, -0.15) is 0 Å². The average Bonchev–Trinajstić information content (AvgIpc) is 3.15. The predicted molar refractivity (Wildman–Crippen MR) is 159 cm³/mol. The molecule has 1 N–H and O–H groups in total. The first-order chi connectivity index (χ1) is 18.6. The molecule has 0 aliphatic carbocycles. The highest BCUT2D eigenvalue weighted by atomic mass is 79.9. The highest BCUT2D eigenvalue weighted by Gasteiger charge is 2.35. The lowest BCUT2D eigenvalue weighted by Gasteiger charge is -2.14. The maximum atomic E-state index is 13.0. The molecule has 1 saturated heterocycles. The number of nitrogens with zero attached hydrogens (tertiary/aromatic N) is 1. The summed E-state index contributed by atoms with van der Waals surface area (Å²) in [4.78, 5) is 39.4. The number of hydrogen-bond donors (Lipinski definition) is 1. The van der Waals surface area contributed by atoms with Gasteiger partial charge in [0.25, 0.3) is 17.1 Å². The van der Waals surface area contributed by atoms with Crippen LogP contribution in [0.25, 0.3) is 6.08 Å². The lowest BCUT2D eigenvalue weighted by Crippen LogP contribution is -2.27. The van der Waals surface area contributed by atoms with Gasteiger partial charge in [-0.25, -0.2) is 0 Å². The fraction of sp³-hybridized carbons (Fsp3) is 0.179. The SMILES string of the molecule is COc1cc(/C=C2/SC(=O)N(Cc3c(Cl)cccc3Cl)C2=O)ccc1OCC(=O)Nc1cc(C)c(C)cc1Br. The number of benzene rings is 3. The van der Waals surface area contributed by atoms with Crippen LogP contribution in [0.1, 0.15) is 22.3 Å². The zero-order valence-corrected chi connectivity index (χ0v) is 25.1. The number of methoxy groups -OCH3 is 1. The van der Waals surface area contributed by atoms with E-state index in [1.165, 1.54) is 7.11 Å². The Morgan fingerprint density at radius 1 is 1.05 bits per heavy atom. The third-order valence-electron chi connectivity index (χ3n) is 5.95. The third-order valence-corrected chi connectivity index (χ3v) is 8.22. The minimum absolute atomic E-state index is 0.0304. The minimum Gasteiger partial charge on any atom is -0.493 e. The highest BCUT2D eigenvalue weighted by molar-refractivity contribution is 9.10. The molecule has 3 aromatic rings. The molecule has 0 spiro atoms. The van der Waals surface area contributed by atoms with Crippen LogP contribution < -0.4 is 14.8 Å². The van der Waals surface area contributed by atoms with Gasteiger partial charge >= 0.3 is 0 Å². The first-order valence-corrected chi connectivity index (χ1v) is 14.0. The van der Waals surface area contributed by atoms with Gasteiger partial charge in [-0.3, -0.25) is 19.3 Å². The van der Waals surface area contributed by atoms with Crippen molar-refractivity contribution < 1.29 is 23.9 Å². The molecule has 11 heteroatoms. The van der Waals surface area contributed by atoms with Crippen molar-refractivity contribution in [3.05, 3.63) is 90.2 Å². The van der Waals surface area contributed by atoms with E-state index in [0.29, 0.717) is 38.4 Å². The number of thioether (sulfide) groups is 1. The zero-order chi connectivity index (χ0) is 28.3. The molecule has 3 aromatic carbocycles. The van der Waals surface area contributed by atoms with Crippen LogP contribution in [-0.2, 0) is 16.1 Å². The second-order valence-corrected chi connectivity index (χ2v) is 11.3. The molecule has 39 heavy (non-hydrogen) atoms. The first kappa shape index (κ1) is 29.0. The zero-order valence-electron chi connectivity index (χ0n) is 21.1. The molecule has 1 aliphatic rings. The smallest absolute Gasteiger partial charge is 0.293 e. The maximum Gasteiger partial charge on any atom is 0.293 e. The molecular formula is C28H23BrCl2N2O5S. The van der Waals surface area contributed by atoms with E-state index in [9.17, 15) is 14.4 Å². The van der Waals surface area contributed by atoms with E-state index in [4.69, 9.17) is 32.7 Å². The van der Waals surface area contributed by atoms with E-state index in [1.54, 1.807) is 42.5 Å². The fourth-order valence-corrected chi connectivity index (χ4v) is 5.64. The van der Waals surface area contributed by atoms with Crippen LogP contribution in [0, 0.1) is 13.8 Å². The van der Waals surface area contributed by atoms with E-state index in [0.717, 1.165) is 32.3 Å². The number of carbonyl (C=O) groups excluding carboxylic acids is 3. The normalized spacial score (nSPS) is 14.2. The molecule has 7 nitrogen and oxygen atoms in total. The van der Waals surface area contributed by atoms with Gasteiger partial charge < -0.3 is 14.8 Å². The molecule has 1 heterocycles. The molecule has 0 atom stereocenters. The fourth-order valence-electron chi connectivity index (χ4n) is 3.73. The third kappa shape index (κ3) is 6.78. The van der Waals surface area contributed by atoms with Crippen LogP contribution in [0.4, 0.5) is 10.5 Å². The number of aryl methyl sites for hydroxylation is 2. The Balaban J connectivity index is 1.44. The van der Waals surface area contributed by atoms with E-state index in [-0.39, 0.29) is 24.0 Å². The van der Waals surface area contributed by atoms with Crippen molar-refractivity contribution in [1.29, 1.82) is 0 Å². The molecule has 4 rings (SSSR count). The summed E-state index contributed by atoms with van der Waals surface area (Å²) in [5.74, 6) is -0.0664. The maximum absolute atomic E-state index is 13.0. The van der Waals surface area contributed by atoms with Gasteiger partial charge in [0.05, 0.1) is 24.2 Å². The molecular weight excluding hydrogens is 627 g/mol. The minimum atomic E-state index is -0.450. The van der Waals surface area contributed by atoms with Gasteiger partial charge in [-0.1, -0.05) is 35.3 Å². The van der Waals surface area contributed by atoms with Crippen LogP contribution in [0.3, 0.4) is 0 Å². The van der Waals surface area contributed by atoms with Crippen LogP contribution in [0.15, 0.2) is 57.9 Å². The molecule has 0 unspecified atom stereocenters. The summed E-state index contributed by atoms with van der Waals surface area (Å²) >= 11 is 16.7. The summed E-state index contributed by atoms with van der Waals surface area (Å²) in [6, 6.07) is 13.8. The Labute approximate surface area is 248 Å². The summed E-state index contributed by atoms with van der Waals surface area (Å²) in [6.07, 6.45) is 1.59. The van der Waals surface area contributed by atoms with Gasteiger partial charge in [0, 0.05) is 20.1 Å². The standard InChI is InChI=1S/C28H23BrCl2N2O5S/c1-15-9-19(29)22(10-16(15)2)32-26(34)14-38-23-8-7-17(11-24(23)37-3)12-25-27(35)33(28(36)39-25)13-18-20(30)5-4-6-21(18)31/h4-12H,13-14H2,1-3H3,(H,32,34)/b25-12+. The second-order valence-electron chi connectivity index (χ2n) is 8.63. The van der Waals surface area contributed by atoms with E-state index in [1.807, 2.05) is 26.0 Å². The van der Waals surface area contributed by atoms with Crippen LogP contribution in [0.2, 0.25) is 10.0 Å². The molecule has 3 amide bonds. The van der Waals surface area contributed by atoms with Gasteiger partial charge in [0.1, 0.15) is 0 Å². The van der Waals surface area contributed by atoms with Crippen molar-refractivity contribution in [3.63, 3.8) is 0 Å². The summed E-state index contributed by atoms with van der Waals surface area (Å²) in [6.45, 7) is 3.69. The number of hydrogen-bond acceptors (Lipinski definition) is 6. The summed E-state index contributed by atoms with van der Waals surface area (Å²) < 4.78 is 11.9. The van der Waals surface area contributed by atoms with Crippen molar-refractivity contribution in [3.8, 4) is 11.5 Å². The van der Waals surface area contributed by atoms with Crippen LogP contribution >= 0.6 is 50.9 Å². The van der Waals surface area contributed by atoms with E-state index in [2.05, 4.69) is 21.2 Å². The number of imide groups is 1. The van der Waals surface area contributed by atoms with Crippen LogP contribution in [-0.4, -0.2) is 35.7 Å². The Morgan fingerprint density at radius 2 is 1.74 bits per heavy atom. The van der Waals surface area contributed by atoms with Crippen molar-refractivity contribution >= 4 is 79.7 Å². The van der Waals surface area contributed by atoms with Gasteiger partial charge in [0.15, 0.2) is 18.1 Å². The van der Waals surface area contributed by atoms with E-state index < -0.39 is 11.1 Å².